The van der Waals surface area contributed by atoms with Crippen molar-refractivity contribution in [2.75, 3.05) is 18.7 Å². The molecule has 0 saturated heterocycles. The van der Waals surface area contributed by atoms with E-state index in [4.69, 9.17) is 0 Å². The van der Waals surface area contributed by atoms with Crippen LogP contribution in [-0.2, 0) is 0 Å². The summed E-state index contributed by atoms with van der Waals surface area (Å²) < 4.78 is 3.06. The van der Waals surface area contributed by atoms with Gasteiger partial charge in [-0.05, 0) is 0 Å². The molecule has 0 radical (unpaired) electrons. The molecule has 0 atom stereocenters. The van der Waals surface area contributed by atoms with Crippen LogP contribution in [-0.4, -0.2) is 18.7 Å². The summed E-state index contributed by atoms with van der Waals surface area (Å²) in [5, 5.41) is 0. The number of halogens is 1. The molecule has 0 aromatic heterocycles. The summed E-state index contributed by atoms with van der Waals surface area (Å²) in [4.78, 5) is 5.18. The van der Waals surface area contributed by atoms with E-state index in [9.17, 15) is 0 Å². The van der Waals surface area contributed by atoms with Crippen LogP contribution in [0.5, 0.6) is 0 Å². The van der Waals surface area contributed by atoms with Crippen molar-refractivity contribution in [2.45, 2.75) is 58.3 Å². The monoisotopic (exact) mass is 349 g/mol. The van der Waals surface area contributed by atoms with Gasteiger partial charge in [0.05, 0.1) is 0 Å². The van der Waals surface area contributed by atoms with Crippen molar-refractivity contribution in [3.05, 3.63) is 11.6 Å². The van der Waals surface area contributed by atoms with E-state index in [1.807, 2.05) is 5.57 Å². The van der Waals surface area contributed by atoms with Gasteiger partial charge in [-0.1, -0.05) is 0 Å². The Kier molecular flexibility index (Phi) is 4.60. The van der Waals surface area contributed by atoms with Crippen LogP contribution in [0.4, 0.5) is 0 Å². The van der Waals surface area contributed by atoms with Crippen LogP contribution < -0.4 is 18.4 Å². The summed E-state index contributed by atoms with van der Waals surface area (Å²) >= 11 is -1.21. The third-order valence-electron chi connectivity index (χ3n) is 4.68. The summed E-state index contributed by atoms with van der Waals surface area (Å²) in [6.07, 6.45) is 14.4. The van der Waals surface area contributed by atoms with E-state index in [0.29, 0.717) is 5.41 Å². The Balaban J connectivity index is 1.93. The van der Waals surface area contributed by atoms with Crippen molar-refractivity contribution in [3.63, 3.8) is 0 Å². The van der Waals surface area contributed by atoms with Gasteiger partial charge in [-0.3, -0.25) is 0 Å². The third kappa shape index (κ3) is 4.25. The van der Waals surface area contributed by atoms with Crippen LogP contribution in [0.25, 0.3) is 0 Å². The van der Waals surface area contributed by atoms with Crippen molar-refractivity contribution in [2.24, 2.45) is 5.41 Å². The Morgan fingerprint density at radius 3 is 2.29 bits per heavy atom. The molecule has 1 fully saturated rings. The second-order valence-corrected chi connectivity index (χ2v) is 18.3. The van der Waals surface area contributed by atoms with E-state index in [1.165, 1.54) is 55.8 Å². The van der Waals surface area contributed by atoms with Crippen molar-refractivity contribution in [1.29, 1.82) is 0 Å². The normalized spacial score (nSPS) is 30.2. The predicted octanol–water partition coefficient (Wildman–Crippen LogP) is 1.49. The summed E-state index contributed by atoms with van der Waals surface area (Å²) in [7, 11) is 0. The average molecular weight is 349 g/mol. The maximum absolute atomic E-state index is 2.65. The molecule has 0 aromatic carbocycles. The number of hydrogen-bond donors (Lipinski definition) is 0. The molecule has 1 saturated carbocycles. The third-order valence-corrected chi connectivity index (χ3v) is 11.0. The predicted molar refractivity (Wildman–Crippen MR) is 74.7 cm³/mol. The van der Waals surface area contributed by atoms with E-state index < -0.39 is 18.4 Å². The van der Waals surface area contributed by atoms with E-state index in [-0.39, 0.29) is 0 Å². The molecule has 1 aliphatic heterocycles. The van der Waals surface area contributed by atoms with Gasteiger partial charge in [0.1, 0.15) is 0 Å². The number of rotatable bonds is 2. The van der Waals surface area contributed by atoms with Crippen LogP contribution in [0.15, 0.2) is 11.6 Å². The molecule has 102 valence electrons. The van der Waals surface area contributed by atoms with Crippen LogP contribution in [0, 0.1) is 5.41 Å². The van der Waals surface area contributed by atoms with Gasteiger partial charge < -0.3 is 0 Å². The fourth-order valence-electron chi connectivity index (χ4n) is 3.34. The van der Waals surface area contributed by atoms with Gasteiger partial charge in [-0.25, -0.2) is 0 Å². The molecule has 0 nitrogen and oxygen atoms in total. The van der Waals surface area contributed by atoms with Crippen molar-refractivity contribution in [3.8, 4) is 0 Å². The van der Waals surface area contributed by atoms with Crippen LogP contribution >= 0.6 is 0 Å². The van der Waals surface area contributed by atoms with Gasteiger partial charge in [0.15, 0.2) is 0 Å². The zero-order valence-corrected chi connectivity index (χ0v) is 14.2. The Morgan fingerprint density at radius 2 is 1.76 bits per heavy atom. The minimum atomic E-state index is -1.21. The first-order chi connectivity index (χ1) is 7.99. The van der Waals surface area contributed by atoms with Gasteiger partial charge in [0.2, 0.25) is 0 Å². The minimum absolute atomic E-state index is 0.649. The topological polar surface area (TPSA) is 0 Å². The summed E-state index contributed by atoms with van der Waals surface area (Å²) in [6.45, 7) is 2.56. The van der Waals surface area contributed by atoms with Gasteiger partial charge in [0.25, 0.3) is 0 Å². The quantitative estimate of drug-likeness (QED) is 0.307. The second kappa shape index (κ2) is 5.63. The molecular formula is C16H30I-. The van der Waals surface area contributed by atoms with E-state index in [1.54, 1.807) is 4.43 Å². The van der Waals surface area contributed by atoms with Crippen molar-refractivity contribution < 1.29 is 18.4 Å². The Labute approximate surface area is 112 Å². The number of hydrogen-bond acceptors (Lipinski definition) is 0. The molecule has 0 aromatic rings. The van der Waals surface area contributed by atoms with Gasteiger partial charge >= 0.3 is 113 Å². The molecule has 1 aliphatic carbocycles. The van der Waals surface area contributed by atoms with Crippen LogP contribution in [0.3, 0.4) is 0 Å². The molecule has 2 rings (SSSR count). The molecule has 2 aliphatic rings. The molecule has 0 amide bonds. The summed E-state index contributed by atoms with van der Waals surface area (Å²) in [5.41, 5.74) is 2.47. The van der Waals surface area contributed by atoms with Gasteiger partial charge in [0, 0.05) is 0 Å². The van der Waals surface area contributed by atoms with E-state index >= 15 is 0 Å². The molecule has 0 spiro atoms. The molecule has 17 heavy (non-hydrogen) atoms. The van der Waals surface area contributed by atoms with Crippen molar-refractivity contribution >= 4 is 0 Å². The molecular weight excluding hydrogens is 319 g/mol. The summed E-state index contributed by atoms with van der Waals surface area (Å²) in [6, 6.07) is 0. The fraction of sp³-hybridized carbons (Fsp3) is 0.875. The molecule has 0 unspecified atom stereocenters. The average Bonchev–Trinajstić information content (AvgIpc) is 2.47. The zero-order chi connectivity index (χ0) is 12.4. The van der Waals surface area contributed by atoms with Crippen LogP contribution in [0.1, 0.15) is 58.3 Å². The Bertz CT molecular complexity index is 280. The Morgan fingerprint density at radius 1 is 1.12 bits per heavy atom. The number of allylic oxidation sites excluding steroid dienone is 2. The van der Waals surface area contributed by atoms with E-state index in [0.717, 1.165) is 0 Å². The van der Waals surface area contributed by atoms with Crippen molar-refractivity contribution in [1.82, 2.24) is 0 Å². The van der Waals surface area contributed by atoms with Crippen LogP contribution in [0.2, 0.25) is 0 Å². The summed E-state index contributed by atoms with van der Waals surface area (Å²) in [5.74, 6) is 0. The van der Waals surface area contributed by atoms with Gasteiger partial charge in [-0.15, -0.1) is 0 Å². The standard InChI is InChI=1S/C16H30I/c1-16(10-6-4-5-7-11-16)14-15-8-12-17(2,3)13-9-15/h8H,4-7,9-14H2,1-3H3/q-1. The molecule has 1 heteroatoms. The SMILES string of the molecule is CC1(CC2=CC[I-](C)(C)CC2)CCCCCC1. The fourth-order valence-corrected chi connectivity index (χ4v) is 7.75. The second-order valence-electron chi connectivity index (χ2n) is 6.99. The molecule has 0 bridgehead atoms. The first-order valence-electron chi connectivity index (χ1n) is 7.26. The van der Waals surface area contributed by atoms with E-state index in [2.05, 4.69) is 22.9 Å². The maximum atomic E-state index is 2.65. The Hall–Kier alpha value is 0.470. The van der Waals surface area contributed by atoms with Gasteiger partial charge in [-0.2, -0.15) is 0 Å². The first-order valence-corrected chi connectivity index (χ1v) is 14.6. The molecule has 1 heterocycles. The molecule has 0 N–H and O–H groups in total. The number of alkyl halides is 4. The first kappa shape index (κ1) is 13.9. The zero-order valence-electron chi connectivity index (χ0n) is 12.0.